The van der Waals surface area contributed by atoms with Crippen LogP contribution in [0, 0.1) is 17.6 Å². The van der Waals surface area contributed by atoms with Crippen LogP contribution in [0.1, 0.15) is 28.8 Å². The fraction of sp³-hybridized carbons (Fsp3) is 0.261. The van der Waals surface area contributed by atoms with Crippen LogP contribution >= 0.6 is 0 Å². The Balaban J connectivity index is 1.82. The van der Waals surface area contributed by atoms with Crippen LogP contribution in [0.5, 0.6) is 0 Å². The van der Waals surface area contributed by atoms with Gasteiger partial charge in [-0.15, -0.1) is 0 Å². The lowest BCUT2D eigenvalue weighted by Gasteiger charge is -2.32. The monoisotopic (exact) mass is 441 g/mol. The zero-order chi connectivity index (χ0) is 23.0. The van der Waals surface area contributed by atoms with E-state index in [1.807, 2.05) is 0 Å². The number of nitrogens with zero attached hydrogens (tertiary/aromatic N) is 2. The minimum atomic E-state index is -1.41. The molecule has 9 heteroatoms. The number of rotatable bonds is 5. The summed E-state index contributed by atoms with van der Waals surface area (Å²) in [5.74, 6) is -3.11. The molecule has 1 aromatic heterocycles. The fourth-order valence-corrected chi connectivity index (χ4v) is 4.12. The van der Waals surface area contributed by atoms with E-state index >= 15 is 4.39 Å². The molecule has 0 bridgehead atoms. The van der Waals surface area contributed by atoms with Crippen molar-refractivity contribution >= 4 is 28.5 Å². The second-order valence-corrected chi connectivity index (χ2v) is 7.92. The number of amides is 1. The molecule has 0 unspecified atom stereocenters. The van der Waals surface area contributed by atoms with E-state index in [0.717, 1.165) is 6.07 Å². The van der Waals surface area contributed by atoms with Crippen molar-refractivity contribution in [1.29, 1.82) is 0 Å². The average molecular weight is 441 g/mol. The Morgan fingerprint density at radius 3 is 2.34 bits per heavy atom. The van der Waals surface area contributed by atoms with Crippen molar-refractivity contribution in [2.24, 2.45) is 11.7 Å². The fourth-order valence-electron chi connectivity index (χ4n) is 4.12. The third kappa shape index (κ3) is 4.05. The summed E-state index contributed by atoms with van der Waals surface area (Å²) >= 11 is 0. The summed E-state index contributed by atoms with van der Waals surface area (Å²) in [6, 6.07) is 8.25. The number of piperidine rings is 1. The Morgan fingerprint density at radius 1 is 1.09 bits per heavy atom. The average Bonchev–Trinajstić information content (AvgIpc) is 2.77. The minimum Gasteiger partial charge on any atom is -0.477 e. The molecule has 1 amide bonds. The van der Waals surface area contributed by atoms with Gasteiger partial charge < -0.3 is 20.3 Å². The highest BCUT2D eigenvalue weighted by molar-refractivity contribution is 5.93. The molecule has 1 aliphatic heterocycles. The van der Waals surface area contributed by atoms with Gasteiger partial charge in [0.1, 0.15) is 17.2 Å². The third-order valence-corrected chi connectivity index (χ3v) is 5.88. The van der Waals surface area contributed by atoms with Gasteiger partial charge in [0, 0.05) is 37.1 Å². The number of aromatic nitrogens is 1. The summed E-state index contributed by atoms with van der Waals surface area (Å²) in [6.45, 7) is 1.00. The molecule has 0 atom stereocenters. The maximum Gasteiger partial charge on any atom is 0.341 e. The van der Waals surface area contributed by atoms with Gasteiger partial charge in [-0.2, -0.15) is 0 Å². The molecule has 2 aromatic carbocycles. The van der Waals surface area contributed by atoms with Crippen LogP contribution in [0.4, 0.5) is 14.5 Å². The van der Waals surface area contributed by atoms with Gasteiger partial charge in [-0.1, -0.05) is 12.1 Å². The highest BCUT2D eigenvalue weighted by Crippen LogP contribution is 2.29. The van der Waals surface area contributed by atoms with Crippen LogP contribution in [0.2, 0.25) is 0 Å². The van der Waals surface area contributed by atoms with E-state index in [1.54, 1.807) is 21.6 Å². The Labute approximate surface area is 181 Å². The molecule has 1 aliphatic rings. The van der Waals surface area contributed by atoms with E-state index in [9.17, 15) is 23.9 Å². The van der Waals surface area contributed by atoms with Crippen molar-refractivity contribution in [3.8, 4) is 0 Å². The molecule has 0 radical (unpaired) electrons. The highest BCUT2D eigenvalue weighted by atomic mass is 19.1. The number of primary amides is 1. The van der Waals surface area contributed by atoms with E-state index in [4.69, 9.17) is 5.73 Å². The summed E-state index contributed by atoms with van der Waals surface area (Å²) in [4.78, 5) is 37.5. The van der Waals surface area contributed by atoms with E-state index in [-0.39, 0.29) is 29.4 Å². The second-order valence-electron chi connectivity index (χ2n) is 7.92. The first kappa shape index (κ1) is 21.5. The van der Waals surface area contributed by atoms with Gasteiger partial charge in [0.25, 0.3) is 0 Å². The maximum absolute atomic E-state index is 15.0. The molecule has 4 rings (SSSR count). The number of fused-ring (bicyclic) bond motifs is 1. The van der Waals surface area contributed by atoms with Gasteiger partial charge in [0.2, 0.25) is 11.3 Å². The van der Waals surface area contributed by atoms with Crippen LogP contribution in [0.3, 0.4) is 0 Å². The largest absolute Gasteiger partial charge is 0.477 e. The number of carboxylic acid groups (broad SMARTS) is 1. The lowest BCUT2D eigenvalue weighted by atomic mass is 9.95. The SMILES string of the molecule is NC(=O)C1CCN(c2cc3c(cc2F)c(=O)c(C(=O)O)cn3Cc2ccc(F)cc2)CC1. The first-order chi connectivity index (χ1) is 15.2. The predicted molar refractivity (Wildman–Crippen MR) is 115 cm³/mol. The summed E-state index contributed by atoms with van der Waals surface area (Å²) < 4.78 is 29.8. The Morgan fingerprint density at radius 2 is 1.75 bits per heavy atom. The number of carbonyl (C=O) groups excluding carboxylic acids is 1. The number of pyridine rings is 1. The van der Waals surface area contributed by atoms with Crippen LogP contribution in [0.15, 0.2) is 47.4 Å². The molecular formula is C23H21F2N3O4. The normalized spacial score (nSPS) is 14.6. The van der Waals surface area contributed by atoms with E-state index in [0.29, 0.717) is 37.0 Å². The zero-order valence-electron chi connectivity index (χ0n) is 17.1. The zero-order valence-corrected chi connectivity index (χ0v) is 17.1. The summed E-state index contributed by atoms with van der Waals surface area (Å²) in [5, 5.41) is 9.39. The number of halogens is 2. The van der Waals surface area contributed by atoms with Crippen molar-refractivity contribution in [2.45, 2.75) is 19.4 Å². The standard InChI is InChI=1S/C23H21F2N3O4/c24-15-3-1-13(2-4-15)11-28-12-17(23(31)32)21(29)16-9-18(25)20(10-19(16)28)27-7-5-14(6-8-27)22(26)30/h1-4,9-10,12,14H,5-8,11H2,(H2,26,30)(H,31,32). The number of aromatic carboxylic acids is 1. The van der Waals surface area contributed by atoms with Crippen molar-refractivity contribution in [3.05, 3.63) is 75.6 Å². The van der Waals surface area contributed by atoms with Gasteiger partial charge in [0.05, 0.1) is 11.2 Å². The molecule has 0 aliphatic carbocycles. The number of carboxylic acids is 1. The molecule has 7 nitrogen and oxygen atoms in total. The van der Waals surface area contributed by atoms with Crippen molar-refractivity contribution in [2.75, 3.05) is 18.0 Å². The molecule has 1 saturated heterocycles. The number of anilines is 1. The number of nitrogens with two attached hydrogens (primary N) is 1. The van der Waals surface area contributed by atoms with E-state index in [2.05, 4.69) is 0 Å². The van der Waals surface area contributed by atoms with Gasteiger partial charge in [-0.25, -0.2) is 13.6 Å². The van der Waals surface area contributed by atoms with Crippen molar-refractivity contribution in [1.82, 2.24) is 4.57 Å². The molecule has 3 N–H and O–H groups in total. The van der Waals surface area contributed by atoms with E-state index < -0.39 is 28.6 Å². The first-order valence-corrected chi connectivity index (χ1v) is 10.1. The second kappa shape index (κ2) is 8.41. The van der Waals surface area contributed by atoms with Crippen LogP contribution in [-0.4, -0.2) is 34.6 Å². The molecule has 1 fully saturated rings. The van der Waals surface area contributed by atoms with Crippen LogP contribution < -0.4 is 16.1 Å². The highest BCUT2D eigenvalue weighted by Gasteiger charge is 2.26. The molecule has 166 valence electrons. The number of carbonyl (C=O) groups is 2. The lowest BCUT2D eigenvalue weighted by molar-refractivity contribution is -0.122. The lowest BCUT2D eigenvalue weighted by Crippen LogP contribution is -2.39. The van der Waals surface area contributed by atoms with Crippen molar-refractivity contribution < 1.29 is 23.5 Å². The Kier molecular flexibility index (Phi) is 5.65. The molecule has 0 saturated carbocycles. The summed E-state index contributed by atoms with van der Waals surface area (Å²) in [5.41, 5.74) is 5.42. The van der Waals surface area contributed by atoms with Gasteiger partial charge in [0.15, 0.2) is 0 Å². The van der Waals surface area contributed by atoms with Gasteiger partial charge >= 0.3 is 5.97 Å². The summed E-state index contributed by atoms with van der Waals surface area (Å²) in [6.07, 6.45) is 2.21. The number of benzene rings is 2. The van der Waals surface area contributed by atoms with E-state index in [1.165, 1.54) is 24.4 Å². The maximum atomic E-state index is 15.0. The molecule has 3 aromatic rings. The Hall–Kier alpha value is -3.75. The van der Waals surface area contributed by atoms with Gasteiger partial charge in [-0.05, 0) is 42.7 Å². The molecule has 2 heterocycles. The van der Waals surface area contributed by atoms with Gasteiger partial charge in [-0.3, -0.25) is 9.59 Å². The topological polar surface area (TPSA) is 106 Å². The molecule has 32 heavy (non-hydrogen) atoms. The van der Waals surface area contributed by atoms with Crippen LogP contribution in [0.25, 0.3) is 10.9 Å². The molecule has 0 spiro atoms. The smallest absolute Gasteiger partial charge is 0.341 e. The quantitative estimate of drug-likeness (QED) is 0.633. The third-order valence-electron chi connectivity index (χ3n) is 5.88. The minimum absolute atomic E-state index is 0.0553. The predicted octanol–water partition coefficient (Wildman–Crippen LogP) is 2.73. The summed E-state index contributed by atoms with van der Waals surface area (Å²) in [7, 11) is 0. The molecular weight excluding hydrogens is 420 g/mol. The van der Waals surface area contributed by atoms with Crippen LogP contribution in [-0.2, 0) is 11.3 Å². The van der Waals surface area contributed by atoms with Crippen molar-refractivity contribution in [3.63, 3.8) is 0 Å². The number of hydrogen-bond donors (Lipinski definition) is 2. The number of hydrogen-bond acceptors (Lipinski definition) is 4. The first-order valence-electron chi connectivity index (χ1n) is 10.1. The Bertz CT molecular complexity index is 1260.